The van der Waals surface area contributed by atoms with Crippen LogP contribution in [0.1, 0.15) is 119 Å². The fourth-order valence-corrected chi connectivity index (χ4v) is 13.3. The van der Waals surface area contributed by atoms with Gasteiger partial charge in [0.15, 0.2) is 0 Å². The Kier molecular flexibility index (Phi) is 8.19. The first kappa shape index (κ1) is 32.5. The molecule has 0 radical (unpaired) electrons. The van der Waals surface area contributed by atoms with E-state index in [1.54, 1.807) is 0 Å². The monoisotopic (exact) mass is 607 g/mol. The summed E-state index contributed by atoms with van der Waals surface area (Å²) in [4.78, 5) is 11.6. The first-order chi connectivity index (χ1) is 20.6. The Morgan fingerprint density at radius 3 is 2.36 bits per heavy atom. The first-order valence-electron chi connectivity index (χ1n) is 18.0. The fourth-order valence-electron chi connectivity index (χ4n) is 13.3. The SMILES string of the molecule is C=C(C)[C@@H]1CC[C@]2(NCC(O)CO)CC[C@]3(C)[C@H](CC[C@@H]4[C@@]5(C)CC=C(C6=CCC(C(=O)O)CC6)C(C)(C)[C@@H]5CC[C@]43C)[C@@H]12. The van der Waals surface area contributed by atoms with Crippen molar-refractivity contribution in [1.29, 1.82) is 0 Å². The van der Waals surface area contributed by atoms with E-state index in [-0.39, 0.29) is 39.7 Å². The molecular weight excluding hydrogens is 546 g/mol. The van der Waals surface area contributed by atoms with Crippen LogP contribution in [-0.2, 0) is 4.79 Å². The van der Waals surface area contributed by atoms with Crippen molar-refractivity contribution in [3.8, 4) is 0 Å². The van der Waals surface area contributed by atoms with Crippen molar-refractivity contribution in [2.45, 2.75) is 130 Å². The molecule has 0 amide bonds. The third-order valence-electron chi connectivity index (χ3n) is 15.7. The van der Waals surface area contributed by atoms with Gasteiger partial charge in [-0.2, -0.15) is 0 Å². The second-order valence-corrected chi connectivity index (χ2v) is 17.6. The molecule has 5 heteroatoms. The molecule has 0 aromatic carbocycles. The third kappa shape index (κ3) is 4.60. The number of aliphatic carboxylic acids is 1. The molecule has 6 rings (SSSR count). The van der Waals surface area contributed by atoms with Crippen molar-refractivity contribution in [2.24, 2.45) is 57.2 Å². The van der Waals surface area contributed by atoms with Crippen LogP contribution in [0.15, 0.2) is 35.5 Å². The Morgan fingerprint density at radius 1 is 0.977 bits per heavy atom. The van der Waals surface area contributed by atoms with Crippen LogP contribution < -0.4 is 5.32 Å². The number of aliphatic hydroxyl groups is 2. The molecule has 2 unspecified atom stereocenters. The molecule has 0 heterocycles. The Labute approximate surface area is 267 Å². The van der Waals surface area contributed by atoms with Gasteiger partial charge in [0.2, 0.25) is 0 Å². The van der Waals surface area contributed by atoms with Crippen LogP contribution in [-0.4, -0.2) is 46.1 Å². The zero-order valence-electron chi connectivity index (χ0n) is 28.6. The van der Waals surface area contributed by atoms with Gasteiger partial charge in [-0.1, -0.05) is 58.9 Å². The average Bonchev–Trinajstić information content (AvgIpc) is 3.36. The number of carbonyl (C=O) groups is 1. The highest BCUT2D eigenvalue weighted by molar-refractivity contribution is 5.70. The zero-order chi connectivity index (χ0) is 31.9. The molecule has 0 aromatic heterocycles. The largest absolute Gasteiger partial charge is 0.481 e. The Hall–Kier alpha value is -1.43. The van der Waals surface area contributed by atoms with E-state index in [1.165, 1.54) is 55.2 Å². The maximum atomic E-state index is 11.6. The molecule has 4 N–H and O–H groups in total. The highest BCUT2D eigenvalue weighted by atomic mass is 16.4. The molecule has 246 valence electrons. The van der Waals surface area contributed by atoms with Crippen LogP contribution in [0, 0.1) is 57.2 Å². The smallest absolute Gasteiger partial charge is 0.306 e. The Bertz CT molecular complexity index is 1230. The summed E-state index contributed by atoms with van der Waals surface area (Å²) in [5.41, 5.74) is 5.19. The van der Waals surface area contributed by atoms with Crippen LogP contribution in [0.4, 0.5) is 0 Å². The van der Waals surface area contributed by atoms with Crippen LogP contribution in [0.3, 0.4) is 0 Å². The highest BCUT2D eigenvalue weighted by Crippen LogP contribution is 2.76. The molecule has 11 atom stereocenters. The minimum atomic E-state index is -0.707. The maximum Gasteiger partial charge on any atom is 0.306 e. The van der Waals surface area contributed by atoms with Gasteiger partial charge in [-0.25, -0.2) is 0 Å². The van der Waals surface area contributed by atoms with E-state index in [1.807, 2.05) is 0 Å². The van der Waals surface area contributed by atoms with Gasteiger partial charge < -0.3 is 20.6 Å². The molecule has 4 saturated carbocycles. The van der Waals surface area contributed by atoms with E-state index in [9.17, 15) is 20.1 Å². The molecule has 0 aliphatic heterocycles. The maximum absolute atomic E-state index is 11.6. The number of β-amino-alcohol motifs (C(OH)–C–C–N with tert-alkyl or cyclic N) is 1. The number of fused-ring (bicyclic) bond motifs is 7. The summed E-state index contributed by atoms with van der Waals surface area (Å²) >= 11 is 0. The summed E-state index contributed by atoms with van der Waals surface area (Å²) in [6.07, 6.45) is 17.4. The van der Waals surface area contributed by atoms with Gasteiger partial charge in [-0.05, 0) is 146 Å². The fraction of sp³-hybridized carbons (Fsp3) is 0.821. The van der Waals surface area contributed by atoms with Crippen LogP contribution in [0.5, 0.6) is 0 Å². The van der Waals surface area contributed by atoms with Gasteiger partial charge in [-0.3, -0.25) is 4.79 Å². The van der Waals surface area contributed by atoms with Crippen LogP contribution >= 0.6 is 0 Å². The van der Waals surface area contributed by atoms with Gasteiger partial charge in [-0.15, -0.1) is 0 Å². The predicted octanol–water partition coefficient (Wildman–Crippen LogP) is 7.69. The van der Waals surface area contributed by atoms with E-state index in [2.05, 4.69) is 65.6 Å². The first-order valence-corrected chi connectivity index (χ1v) is 18.0. The van der Waals surface area contributed by atoms with Crippen molar-refractivity contribution in [3.05, 3.63) is 35.5 Å². The second-order valence-electron chi connectivity index (χ2n) is 17.6. The number of carboxylic acids is 1. The lowest BCUT2D eigenvalue weighted by Gasteiger charge is -2.72. The molecule has 0 spiro atoms. The van der Waals surface area contributed by atoms with E-state index >= 15 is 0 Å². The minimum absolute atomic E-state index is 0.0338. The van der Waals surface area contributed by atoms with E-state index in [0.717, 1.165) is 32.1 Å². The second kappa shape index (κ2) is 11.1. The number of hydrogen-bond donors (Lipinski definition) is 4. The summed E-state index contributed by atoms with van der Waals surface area (Å²) in [6, 6.07) is 0. The number of hydrogen-bond acceptors (Lipinski definition) is 4. The highest BCUT2D eigenvalue weighted by Gasteiger charge is 2.70. The van der Waals surface area contributed by atoms with Gasteiger partial charge in [0.25, 0.3) is 0 Å². The molecule has 0 aromatic rings. The van der Waals surface area contributed by atoms with Crippen LogP contribution in [0.2, 0.25) is 0 Å². The molecular formula is C39H61NO4. The standard InChI is InChI=1S/C39H61NO4/c1-24(2)28-14-19-39(40-22-27(42)23-41)21-20-37(6)30(33(28)39)12-13-32-36(5)17-15-29(25-8-10-26(11-9-25)34(43)44)35(3,4)31(36)16-18-38(32,37)7/h8,15,26-28,30-33,40-42H,1,9-14,16-23H2,2-7H3,(H,43,44)/t26?,27?,28-,30+,31-,32+,33+,36-,37+,38+,39-/m0/s1. The van der Waals surface area contributed by atoms with Crippen molar-refractivity contribution >= 4 is 5.97 Å². The normalized spacial score (nSPS) is 46.8. The van der Waals surface area contributed by atoms with E-state index < -0.39 is 12.1 Å². The van der Waals surface area contributed by atoms with Crippen molar-refractivity contribution in [3.63, 3.8) is 0 Å². The molecule has 6 aliphatic rings. The van der Waals surface area contributed by atoms with Gasteiger partial charge in [0, 0.05) is 12.1 Å². The number of allylic oxidation sites excluding steroid dienone is 5. The lowest BCUT2D eigenvalue weighted by atomic mass is 9.33. The summed E-state index contributed by atoms with van der Waals surface area (Å²) in [5.74, 6) is 2.14. The van der Waals surface area contributed by atoms with Gasteiger partial charge >= 0.3 is 5.97 Å². The summed E-state index contributed by atoms with van der Waals surface area (Å²) in [5, 5.41) is 33.3. The predicted molar refractivity (Wildman–Crippen MR) is 177 cm³/mol. The number of nitrogens with one attached hydrogen (secondary N) is 1. The van der Waals surface area contributed by atoms with Gasteiger partial charge in [0.1, 0.15) is 0 Å². The van der Waals surface area contributed by atoms with Crippen molar-refractivity contribution < 1.29 is 20.1 Å². The molecule has 44 heavy (non-hydrogen) atoms. The molecule has 6 aliphatic carbocycles. The lowest BCUT2D eigenvalue weighted by Crippen LogP contribution is -2.68. The molecule has 5 nitrogen and oxygen atoms in total. The van der Waals surface area contributed by atoms with E-state index in [0.29, 0.717) is 42.6 Å². The molecule has 0 saturated heterocycles. The zero-order valence-corrected chi connectivity index (χ0v) is 28.6. The van der Waals surface area contributed by atoms with Gasteiger partial charge in [0.05, 0.1) is 18.6 Å². The lowest BCUT2D eigenvalue weighted by molar-refractivity contribution is -0.221. The Balaban J connectivity index is 1.31. The third-order valence-corrected chi connectivity index (χ3v) is 15.7. The number of carboxylic acid groups (broad SMARTS) is 1. The minimum Gasteiger partial charge on any atom is -0.481 e. The number of aliphatic hydroxyl groups excluding tert-OH is 2. The summed E-state index contributed by atoms with van der Waals surface area (Å²) < 4.78 is 0. The molecule has 4 fully saturated rings. The summed E-state index contributed by atoms with van der Waals surface area (Å²) in [7, 11) is 0. The Morgan fingerprint density at radius 2 is 1.73 bits per heavy atom. The van der Waals surface area contributed by atoms with E-state index in [4.69, 9.17) is 0 Å². The van der Waals surface area contributed by atoms with Crippen molar-refractivity contribution in [2.75, 3.05) is 13.2 Å². The molecule has 0 bridgehead atoms. The number of rotatable bonds is 7. The topological polar surface area (TPSA) is 89.8 Å². The quantitative estimate of drug-likeness (QED) is 0.223. The summed E-state index contributed by atoms with van der Waals surface area (Å²) in [6.45, 7) is 20.0. The van der Waals surface area contributed by atoms with Crippen LogP contribution in [0.25, 0.3) is 0 Å². The van der Waals surface area contributed by atoms with Crippen molar-refractivity contribution in [1.82, 2.24) is 5.32 Å². The average molecular weight is 608 g/mol.